The summed E-state index contributed by atoms with van der Waals surface area (Å²) in [5.74, 6) is -1.74. The van der Waals surface area contributed by atoms with Gasteiger partial charge >= 0.3 is 17.8 Å². The zero-order chi connectivity index (χ0) is 29.7. The van der Waals surface area contributed by atoms with Gasteiger partial charge in [0.1, 0.15) is 11.5 Å². The second-order valence-corrected chi connectivity index (χ2v) is 9.84. The third-order valence-electron chi connectivity index (χ3n) is 6.60. The van der Waals surface area contributed by atoms with E-state index in [4.69, 9.17) is 9.47 Å². The lowest BCUT2D eigenvalue weighted by Crippen LogP contribution is -2.37. The molecule has 0 unspecified atom stereocenters. The van der Waals surface area contributed by atoms with Crippen LogP contribution in [0, 0.1) is 0 Å². The highest BCUT2D eigenvalue weighted by molar-refractivity contribution is 6.40. The van der Waals surface area contributed by atoms with E-state index in [1.165, 1.54) is 12.6 Å². The van der Waals surface area contributed by atoms with E-state index >= 15 is 0 Å². The number of nitrogens with zero attached hydrogens (tertiary/aromatic N) is 1. The fraction of sp³-hybridized carbons (Fsp3) is 0.281. The van der Waals surface area contributed by atoms with Crippen LogP contribution >= 0.6 is 0 Å². The molecule has 0 radical (unpaired) electrons. The van der Waals surface area contributed by atoms with E-state index in [2.05, 4.69) is 21.2 Å². The SMILES string of the molecule is CCCOc1ccc(C(=O)Oc2ccc(C=NNC(=O)C(=O)Nc3ccccc3C(=O)NC3CCCCC3)cc2)cc1. The molecule has 1 aliphatic carbocycles. The van der Waals surface area contributed by atoms with Gasteiger partial charge in [-0.15, -0.1) is 0 Å². The number of hydrazone groups is 1. The zero-order valence-electron chi connectivity index (χ0n) is 23.4. The maximum Gasteiger partial charge on any atom is 0.343 e. The maximum absolute atomic E-state index is 12.8. The Morgan fingerprint density at radius 1 is 0.857 bits per heavy atom. The summed E-state index contributed by atoms with van der Waals surface area (Å²) in [4.78, 5) is 50.0. The molecule has 10 heteroatoms. The van der Waals surface area contributed by atoms with Crippen LogP contribution < -0.4 is 25.5 Å². The van der Waals surface area contributed by atoms with Crippen molar-refractivity contribution in [2.75, 3.05) is 11.9 Å². The number of ether oxygens (including phenoxy) is 2. The number of benzene rings is 3. The molecule has 1 aliphatic rings. The van der Waals surface area contributed by atoms with Crippen molar-refractivity contribution in [3.8, 4) is 11.5 Å². The van der Waals surface area contributed by atoms with Crippen LogP contribution in [0.4, 0.5) is 5.69 Å². The lowest BCUT2D eigenvalue weighted by atomic mass is 9.95. The summed E-state index contributed by atoms with van der Waals surface area (Å²) < 4.78 is 10.9. The molecule has 0 aliphatic heterocycles. The smallest absolute Gasteiger partial charge is 0.343 e. The van der Waals surface area contributed by atoms with Gasteiger partial charge in [-0.25, -0.2) is 10.2 Å². The Labute approximate surface area is 244 Å². The lowest BCUT2D eigenvalue weighted by molar-refractivity contribution is -0.136. The molecular weight excluding hydrogens is 536 g/mol. The third-order valence-corrected chi connectivity index (χ3v) is 6.60. The van der Waals surface area contributed by atoms with Gasteiger partial charge in [0.15, 0.2) is 0 Å². The molecule has 0 spiro atoms. The number of hydrogen-bond donors (Lipinski definition) is 3. The molecule has 1 fully saturated rings. The van der Waals surface area contributed by atoms with Gasteiger partial charge in [-0.3, -0.25) is 14.4 Å². The summed E-state index contributed by atoms with van der Waals surface area (Å²) in [5, 5.41) is 9.32. The van der Waals surface area contributed by atoms with E-state index in [1.807, 2.05) is 6.92 Å². The van der Waals surface area contributed by atoms with Gasteiger partial charge in [-0.1, -0.05) is 38.3 Å². The predicted molar refractivity (Wildman–Crippen MR) is 159 cm³/mol. The number of nitrogens with one attached hydrogen (secondary N) is 3. The first-order valence-corrected chi connectivity index (χ1v) is 14.0. The molecule has 1 saturated carbocycles. The maximum atomic E-state index is 12.8. The van der Waals surface area contributed by atoms with E-state index in [1.54, 1.807) is 72.8 Å². The Balaban J connectivity index is 1.26. The lowest BCUT2D eigenvalue weighted by Gasteiger charge is -2.23. The number of anilines is 1. The van der Waals surface area contributed by atoms with E-state index in [-0.39, 0.29) is 23.2 Å². The molecule has 0 aromatic heterocycles. The molecule has 218 valence electrons. The Morgan fingerprint density at radius 3 is 2.26 bits per heavy atom. The van der Waals surface area contributed by atoms with Gasteiger partial charge in [0.25, 0.3) is 5.91 Å². The normalized spacial score (nSPS) is 13.3. The van der Waals surface area contributed by atoms with Gasteiger partial charge in [0, 0.05) is 6.04 Å². The Kier molecular flexibility index (Phi) is 10.8. The van der Waals surface area contributed by atoms with Gasteiger partial charge in [0.2, 0.25) is 0 Å². The van der Waals surface area contributed by atoms with Crippen molar-refractivity contribution in [3.63, 3.8) is 0 Å². The minimum absolute atomic E-state index is 0.108. The minimum Gasteiger partial charge on any atom is -0.494 e. The van der Waals surface area contributed by atoms with E-state index in [0.717, 1.165) is 32.1 Å². The van der Waals surface area contributed by atoms with Crippen LogP contribution in [0.25, 0.3) is 0 Å². The van der Waals surface area contributed by atoms with Crippen LogP contribution in [-0.4, -0.2) is 42.6 Å². The molecule has 4 rings (SSSR count). The average molecular weight is 571 g/mol. The van der Waals surface area contributed by atoms with Gasteiger partial charge in [-0.2, -0.15) is 5.10 Å². The molecule has 0 saturated heterocycles. The van der Waals surface area contributed by atoms with Gasteiger partial charge in [0.05, 0.1) is 29.6 Å². The highest BCUT2D eigenvalue weighted by Crippen LogP contribution is 2.20. The number of rotatable bonds is 10. The van der Waals surface area contributed by atoms with Crippen LogP contribution in [0.2, 0.25) is 0 Å². The highest BCUT2D eigenvalue weighted by atomic mass is 16.5. The summed E-state index contributed by atoms with van der Waals surface area (Å²) >= 11 is 0. The molecule has 0 atom stereocenters. The number of esters is 1. The molecule has 0 heterocycles. The topological polar surface area (TPSA) is 135 Å². The second kappa shape index (κ2) is 15.1. The fourth-order valence-electron chi connectivity index (χ4n) is 4.39. The van der Waals surface area contributed by atoms with Crippen molar-refractivity contribution in [2.24, 2.45) is 5.10 Å². The number of amides is 3. The van der Waals surface area contributed by atoms with Crippen molar-refractivity contribution in [1.82, 2.24) is 10.7 Å². The van der Waals surface area contributed by atoms with Crippen LogP contribution in [0.5, 0.6) is 11.5 Å². The van der Waals surface area contributed by atoms with Crippen molar-refractivity contribution < 1.29 is 28.7 Å². The molecule has 42 heavy (non-hydrogen) atoms. The van der Waals surface area contributed by atoms with Crippen molar-refractivity contribution in [1.29, 1.82) is 0 Å². The minimum atomic E-state index is -0.995. The molecule has 3 N–H and O–H groups in total. The summed E-state index contributed by atoms with van der Waals surface area (Å²) in [6, 6.07) is 19.8. The second-order valence-electron chi connectivity index (χ2n) is 9.84. The van der Waals surface area contributed by atoms with Gasteiger partial charge < -0.3 is 20.1 Å². The van der Waals surface area contributed by atoms with Crippen LogP contribution in [0.1, 0.15) is 71.7 Å². The quantitative estimate of drug-likeness (QED) is 0.105. The molecular formula is C32H34N4O6. The average Bonchev–Trinajstić information content (AvgIpc) is 3.01. The first-order valence-electron chi connectivity index (χ1n) is 14.0. The van der Waals surface area contributed by atoms with Crippen LogP contribution in [0.15, 0.2) is 77.9 Å². The van der Waals surface area contributed by atoms with Crippen LogP contribution in [-0.2, 0) is 9.59 Å². The Bertz CT molecular complexity index is 1410. The number of para-hydroxylation sites is 1. The van der Waals surface area contributed by atoms with Crippen molar-refractivity contribution >= 4 is 35.6 Å². The summed E-state index contributed by atoms with van der Waals surface area (Å²) in [6.07, 6.45) is 7.42. The zero-order valence-corrected chi connectivity index (χ0v) is 23.4. The van der Waals surface area contributed by atoms with E-state index in [9.17, 15) is 19.2 Å². The molecule has 3 aromatic rings. The predicted octanol–water partition coefficient (Wildman–Crippen LogP) is 4.85. The van der Waals surface area contributed by atoms with Gasteiger partial charge in [-0.05, 0) is 85.5 Å². The largest absolute Gasteiger partial charge is 0.494 e. The first kappa shape index (κ1) is 30.0. The molecule has 10 nitrogen and oxygen atoms in total. The Hall–Kier alpha value is -4.99. The summed E-state index contributed by atoms with van der Waals surface area (Å²) in [5.41, 5.74) is 3.68. The number of carbonyl (C=O) groups is 4. The third kappa shape index (κ3) is 8.76. The first-order chi connectivity index (χ1) is 20.4. The monoisotopic (exact) mass is 570 g/mol. The van der Waals surface area contributed by atoms with Crippen molar-refractivity contribution in [3.05, 3.63) is 89.5 Å². The molecule has 0 bridgehead atoms. The highest BCUT2D eigenvalue weighted by Gasteiger charge is 2.21. The molecule has 3 aromatic carbocycles. The Morgan fingerprint density at radius 2 is 1.55 bits per heavy atom. The molecule has 3 amide bonds. The van der Waals surface area contributed by atoms with Crippen LogP contribution in [0.3, 0.4) is 0 Å². The van der Waals surface area contributed by atoms with E-state index in [0.29, 0.717) is 29.2 Å². The fourth-order valence-corrected chi connectivity index (χ4v) is 4.39. The summed E-state index contributed by atoms with van der Waals surface area (Å²) in [6.45, 7) is 2.62. The number of carbonyl (C=O) groups excluding carboxylic acids is 4. The van der Waals surface area contributed by atoms with E-state index < -0.39 is 17.8 Å². The summed E-state index contributed by atoms with van der Waals surface area (Å²) in [7, 11) is 0. The standard InChI is InChI=1S/C32H34N4O6/c1-2-20-41-25-18-14-23(15-19-25)32(40)42-26-16-12-22(13-17-26)21-33-36-31(39)30(38)35-28-11-7-6-10-27(28)29(37)34-24-8-4-3-5-9-24/h6-7,10-19,21,24H,2-5,8-9,20H2,1H3,(H,34,37)(H,35,38)(H,36,39). The number of hydrogen-bond acceptors (Lipinski definition) is 7. The van der Waals surface area contributed by atoms with Crippen molar-refractivity contribution in [2.45, 2.75) is 51.5 Å².